The number of fused-ring (bicyclic) bond motifs is 6. The summed E-state index contributed by atoms with van der Waals surface area (Å²) in [6.07, 6.45) is 0. The number of hydrogen-bond acceptors (Lipinski definition) is 2. The lowest BCUT2D eigenvalue weighted by Gasteiger charge is -2.45. The molecular weight excluding hydrogens is 725 g/mol. The van der Waals surface area contributed by atoms with E-state index in [1.165, 1.54) is 83.5 Å². The van der Waals surface area contributed by atoms with E-state index in [1.807, 2.05) is 0 Å². The molecule has 0 saturated carbocycles. The maximum atomic E-state index is 2.56. The molecule has 2 aliphatic rings. The molecule has 0 amide bonds. The van der Waals surface area contributed by atoms with E-state index in [0.717, 1.165) is 17.1 Å². The third kappa shape index (κ3) is 5.41. The van der Waals surface area contributed by atoms with Gasteiger partial charge in [-0.1, -0.05) is 198 Å². The van der Waals surface area contributed by atoms with Gasteiger partial charge in [-0.3, -0.25) is 0 Å². The lowest BCUT2D eigenvalue weighted by atomic mass is 9.72. The lowest BCUT2D eigenvalue weighted by molar-refractivity contribution is 0.632. The first-order valence-corrected chi connectivity index (χ1v) is 21.1. The molecule has 9 aromatic rings. The third-order valence-corrected chi connectivity index (χ3v) is 13.2. The minimum absolute atomic E-state index is 0.153. The fourth-order valence-corrected chi connectivity index (χ4v) is 10.4. The van der Waals surface area contributed by atoms with Crippen molar-refractivity contribution in [1.29, 1.82) is 0 Å². The molecule has 0 fully saturated rings. The molecule has 1 heterocycles. The van der Waals surface area contributed by atoms with Crippen molar-refractivity contribution in [3.8, 4) is 33.4 Å². The average Bonchev–Trinajstić information content (AvgIpc) is 3.52. The molecule has 1 aliphatic heterocycles. The summed E-state index contributed by atoms with van der Waals surface area (Å²) in [7, 11) is 0. The van der Waals surface area contributed by atoms with Crippen molar-refractivity contribution in [3.63, 3.8) is 0 Å². The highest BCUT2D eigenvalue weighted by molar-refractivity contribution is 6.08. The van der Waals surface area contributed by atoms with E-state index in [1.54, 1.807) is 0 Å². The molecule has 9 aromatic carbocycles. The Hall–Kier alpha value is -7.16. The van der Waals surface area contributed by atoms with Crippen molar-refractivity contribution in [2.75, 3.05) is 9.80 Å². The first-order chi connectivity index (χ1) is 29.3. The van der Waals surface area contributed by atoms with Gasteiger partial charge in [-0.25, -0.2) is 0 Å². The number of hydrogen-bond donors (Lipinski definition) is 0. The minimum atomic E-state index is -0.372. The van der Waals surface area contributed by atoms with Crippen LogP contribution in [-0.4, -0.2) is 0 Å². The van der Waals surface area contributed by atoms with Gasteiger partial charge in [0.1, 0.15) is 0 Å². The highest BCUT2D eigenvalue weighted by Gasteiger charge is 2.42. The summed E-state index contributed by atoms with van der Waals surface area (Å²) in [6, 6.07) is 76.2. The largest absolute Gasteiger partial charge is 0.309 e. The zero-order valence-corrected chi connectivity index (χ0v) is 34.5. The molecule has 0 radical (unpaired) electrons. The van der Waals surface area contributed by atoms with Crippen molar-refractivity contribution < 1.29 is 0 Å². The fraction of sp³-hybridized carbons (Fsp3) is 0.103. The first kappa shape index (κ1) is 36.0. The standard InChI is InChI=1S/C58H46N2/c1-57(2)48-28-15-13-27-46(48)47-37-35-42(38-50(47)57)59(51-30-17-14-25-43(51)39-20-7-5-8-21-39)53-32-19-33-54-55(53)58(3,4)49-29-16-18-31-52(49)60(54)56-44-26-12-11-24-41(44)34-36-45(56)40-22-9-6-10-23-40/h5-38H,1-4H3. The first-order valence-electron chi connectivity index (χ1n) is 21.1. The number of para-hydroxylation sites is 2. The summed E-state index contributed by atoms with van der Waals surface area (Å²) >= 11 is 0. The van der Waals surface area contributed by atoms with Gasteiger partial charge in [0.2, 0.25) is 0 Å². The van der Waals surface area contributed by atoms with Crippen molar-refractivity contribution in [2.45, 2.75) is 38.5 Å². The van der Waals surface area contributed by atoms with Gasteiger partial charge in [-0.15, -0.1) is 0 Å². The van der Waals surface area contributed by atoms with Gasteiger partial charge in [0, 0.05) is 38.6 Å². The highest BCUT2D eigenvalue weighted by atomic mass is 15.2. The van der Waals surface area contributed by atoms with Gasteiger partial charge in [-0.05, 0) is 80.7 Å². The van der Waals surface area contributed by atoms with Crippen molar-refractivity contribution >= 4 is 44.9 Å². The van der Waals surface area contributed by atoms with Crippen LogP contribution in [0.4, 0.5) is 34.1 Å². The predicted octanol–water partition coefficient (Wildman–Crippen LogP) is 16.1. The summed E-state index contributed by atoms with van der Waals surface area (Å²) in [5.74, 6) is 0. The van der Waals surface area contributed by atoms with E-state index in [4.69, 9.17) is 0 Å². The van der Waals surface area contributed by atoms with Crippen LogP contribution >= 0.6 is 0 Å². The van der Waals surface area contributed by atoms with Crippen LogP contribution in [0.5, 0.6) is 0 Å². The van der Waals surface area contributed by atoms with Crippen LogP contribution in [0, 0.1) is 0 Å². The van der Waals surface area contributed by atoms with E-state index < -0.39 is 0 Å². The smallest absolute Gasteiger partial charge is 0.0618 e. The van der Waals surface area contributed by atoms with Gasteiger partial charge in [0.05, 0.1) is 28.4 Å². The second-order valence-corrected chi connectivity index (χ2v) is 17.3. The highest BCUT2D eigenvalue weighted by Crippen LogP contribution is 2.59. The van der Waals surface area contributed by atoms with Gasteiger partial charge in [0.15, 0.2) is 0 Å². The number of benzene rings is 9. The van der Waals surface area contributed by atoms with Crippen LogP contribution in [0.3, 0.4) is 0 Å². The lowest BCUT2D eigenvalue weighted by Crippen LogP contribution is -2.33. The Balaban J connectivity index is 1.23. The summed E-state index contributed by atoms with van der Waals surface area (Å²) in [5, 5.41) is 2.43. The summed E-state index contributed by atoms with van der Waals surface area (Å²) in [4.78, 5) is 5.11. The van der Waals surface area contributed by atoms with Gasteiger partial charge in [-0.2, -0.15) is 0 Å². The Morgan fingerprint density at radius 3 is 1.73 bits per heavy atom. The Labute approximate surface area is 353 Å². The van der Waals surface area contributed by atoms with Crippen molar-refractivity contribution in [3.05, 3.63) is 229 Å². The molecule has 0 spiro atoms. The molecule has 0 N–H and O–H groups in total. The SMILES string of the molecule is CC1(C)c2ccccc2-c2ccc(N(c3ccccc3-c3ccccc3)c3cccc4c3C(C)(C)c3ccccc3N4c3c(-c4ccccc4)ccc4ccccc34)cc21. The van der Waals surface area contributed by atoms with E-state index in [-0.39, 0.29) is 10.8 Å². The molecule has 288 valence electrons. The van der Waals surface area contributed by atoms with E-state index in [9.17, 15) is 0 Å². The van der Waals surface area contributed by atoms with E-state index in [0.29, 0.717) is 0 Å². The summed E-state index contributed by atoms with van der Waals surface area (Å²) in [6.45, 7) is 9.58. The second-order valence-electron chi connectivity index (χ2n) is 17.3. The van der Waals surface area contributed by atoms with Gasteiger partial charge >= 0.3 is 0 Å². The topological polar surface area (TPSA) is 6.48 Å². The minimum Gasteiger partial charge on any atom is -0.309 e. The van der Waals surface area contributed by atoms with Gasteiger partial charge < -0.3 is 9.80 Å². The molecule has 0 unspecified atom stereocenters. The van der Waals surface area contributed by atoms with Crippen LogP contribution in [0.15, 0.2) is 206 Å². The summed E-state index contributed by atoms with van der Waals surface area (Å²) in [5.41, 5.74) is 19.2. The third-order valence-electron chi connectivity index (χ3n) is 13.2. The van der Waals surface area contributed by atoms with Crippen LogP contribution < -0.4 is 9.80 Å². The Kier molecular flexibility index (Phi) is 8.22. The quantitative estimate of drug-likeness (QED) is 0.166. The Morgan fingerprint density at radius 1 is 0.383 bits per heavy atom. The van der Waals surface area contributed by atoms with Crippen LogP contribution in [0.25, 0.3) is 44.2 Å². The van der Waals surface area contributed by atoms with Crippen molar-refractivity contribution in [2.24, 2.45) is 0 Å². The molecule has 0 saturated heterocycles. The molecular formula is C58H46N2. The van der Waals surface area contributed by atoms with E-state index in [2.05, 4.69) is 244 Å². The molecule has 60 heavy (non-hydrogen) atoms. The second kappa shape index (κ2) is 13.7. The van der Waals surface area contributed by atoms with Crippen LogP contribution in [0.2, 0.25) is 0 Å². The monoisotopic (exact) mass is 770 g/mol. The maximum absolute atomic E-state index is 2.56. The number of rotatable bonds is 6. The number of nitrogens with zero attached hydrogens (tertiary/aromatic N) is 2. The normalized spacial score (nSPS) is 14.2. The Bertz CT molecular complexity index is 3100. The zero-order valence-electron chi connectivity index (χ0n) is 34.5. The molecule has 0 bridgehead atoms. The fourth-order valence-electron chi connectivity index (χ4n) is 10.4. The van der Waals surface area contributed by atoms with E-state index >= 15 is 0 Å². The van der Waals surface area contributed by atoms with Crippen LogP contribution in [-0.2, 0) is 10.8 Å². The van der Waals surface area contributed by atoms with Crippen molar-refractivity contribution in [1.82, 2.24) is 0 Å². The van der Waals surface area contributed by atoms with Crippen LogP contribution in [0.1, 0.15) is 49.9 Å². The molecule has 11 rings (SSSR count). The molecule has 2 heteroatoms. The number of anilines is 6. The Morgan fingerprint density at radius 2 is 0.950 bits per heavy atom. The van der Waals surface area contributed by atoms with Gasteiger partial charge in [0.25, 0.3) is 0 Å². The predicted molar refractivity (Wildman–Crippen MR) is 254 cm³/mol. The molecule has 1 aliphatic carbocycles. The average molecular weight is 771 g/mol. The maximum Gasteiger partial charge on any atom is 0.0618 e. The molecule has 2 nitrogen and oxygen atoms in total. The molecule has 0 atom stereocenters. The summed E-state index contributed by atoms with van der Waals surface area (Å²) < 4.78 is 0. The molecule has 0 aromatic heterocycles. The zero-order chi connectivity index (χ0) is 40.6.